The van der Waals surface area contributed by atoms with Gasteiger partial charge in [0.05, 0.1) is 30.5 Å². The number of fused-ring (bicyclic) bond motifs is 1. The van der Waals surface area contributed by atoms with Gasteiger partial charge in [-0.15, -0.1) is 0 Å². The van der Waals surface area contributed by atoms with E-state index in [0.717, 1.165) is 59.2 Å². The molecule has 1 atom stereocenters. The lowest BCUT2D eigenvalue weighted by Crippen LogP contribution is -2.36. The van der Waals surface area contributed by atoms with E-state index in [1.54, 1.807) is 0 Å². The van der Waals surface area contributed by atoms with Gasteiger partial charge in [-0.05, 0) is 44.0 Å². The summed E-state index contributed by atoms with van der Waals surface area (Å²) < 4.78 is 5.44. The summed E-state index contributed by atoms with van der Waals surface area (Å²) in [6.45, 7) is 10.0. The molecule has 0 bridgehead atoms. The second-order valence-corrected chi connectivity index (χ2v) is 9.10. The summed E-state index contributed by atoms with van der Waals surface area (Å²) in [6, 6.07) is 13.9. The Morgan fingerprint density at radius 1 is 1.10 bits per heavy atom. The van der Waals surface area contributed by atoms with Crippen LogP contribution in [0.15, 0.2) is 47.5 Å². The molecule has 0 saturated carbocycles. The lowest BCUT2D eigenvalue weighted by molar-refractivity contribution is 0.0330. The van der Waals surface area contributed by atoms with Crippen LogP contribution in [-0.2, 0) is 11.3 Å². The van der Waals surface area contributed by atoms with E-state index in [0.29, 0.717) is 6.54 Å². The molecule has 2 aromatic carbocycles. The zero-order chi connectivity index (χ0) is 21.1. The van der Waals surface area contributed by atoms with Crippen LogP contribution in [0.2, 0.25) is 0 Å². The van der Waals surface area contributed by atoms with Gasteiger partial charge in [-0.1, -0.05) is 42.1 Å². The lowest BCUT2D eigenvalue weighted by Gasteiger charge is -2.26. The number of ether oxygens (including phenoxy) is 1. The van der Waals surface area contributed by atoms with Crippen molar-refractivity contribution < 1.29 is 9.53 Å². The van der Waals surface area contributed by atoms with Gasteiger partial charge in [-0.25, -0.2) is 9.97 Å². The van der Waals surface area contributed by atoms with Crippen LogP contribution >= 0.6 is 11.8 Å². The number of hydrogen-bond donors (Lipinski definition) is 0. The Morgan fingerprint density at radius 2 is 1.87 bits per heavy atom. The molecule has 0 N–H and O–H groups in total. The van der Waals surface area contributed by atoms with Crippen LogP contribution in [0.1, 0.15) is 34.2 Å². The van der Waals surface area contributed by atoms with Gasteiger partial charge in [0, 0.05) is 24.0 Å². The summed E-state index contributed by atoms with van der Waals surface area (Å²) >= 11 is 1.52. The van der Waals surface area contributed by atoms with Crippen LogP contribution < -0.4 is 0 Å². The molecule has 156 valence electrons. The number of para-hydroxylation sites is 1. The van der Waals surface area contributed by atoms with E-state index < -0.39 is 0 Å². The smallest absolute Gasteiger partial charge is 0.175 e. The third-order valence-corrected chi connectivity index (χ3v) is 6.63. The van der Waals surface area contributed by atoms with Crippen molar-refractivity contribution in [2.45, 2.75) is 37.6 Å². The molecule has 1 fully saturated rings. The van der Waals surface area contributed by atoms with E-state index in [1.807, 2.05) is 56.3 Å². The van der Waals surface area contributed by atoms with Crippen molar-refractivity contribution in [2.75, 3.05) is 26.3 Å². The number of nitrogens with zero attached hydrogens (tertiary/aromatic N) is 3. The summed E-state index contributed by atoms with van der Waals surface area (Å²) in [6.07, 6.45) is 0. The van der Waals surface area contributed by atoms with Crippen LogP contribution in [-0.4, -0.2) is 52.2 Å². The van der Waals surface area contributed by atoms with E-state index in [-0.39, 0.29) is 11.0 Å². The molecule has 1 aliphatic heterocycles. The molecule has 4 rings (SSSR count). The number of ketones is 1. The molecule has 0 aliphatic carbocycles. The molecular formula is C24H27N3O2S. The number of hydrogen-bond acceptors (Lipinski definition) is 6. The lowest BCUT2D eigenvalue weighted by atomic mass is 10.0. The predicted octanol–water partition coefficient (Wildman–Crippen LogP) is 4.44. The summed E-state index contributed by atoms with van der Waals surface area (Å²) in [4.78, 5) is 25.0. The topological polar surface area (TPSA) is 55.3 Å². The van der Waals surface area contributed by atoms with Crippen molar-refractivity contribution in [3.63, 3.8) is 0 Å². The molecule has 5 nitrogen and oxygen atoms in total. The Morgan fingerprint density at radius 3 is 2.63 bits per heavy atom. The minimum atomic E-state index is -0.235. The van der Waals surface area contributed by atoms with E-state index in [4.69, 9.17) is 14.7 Å². The maximum Gasteiger partial charge on any atom is 0.175 e. The number of thioether (sulfide) groups is 1. The summed E-state index contributed by atoms with van der Waals surface area (Å²) in [5, 5.41) is 1.63. The highest BCUT2D eigenvalue weighted by Crippen LogP contribution is 2.30. The SMILES string of the molecule is Cc1ccc(C(=O)C(C)Sc2nc(CN3CCOCC3)nc3ccccc23)cc1C. The molecular weight excluding hydrogens is 394 g/mol. The van der Waals surface area contributed by atoms with Crippen molar-refractivity contribution in [3.05, 3.63) is 65.0 Å². The van der Waals surface area contributed by atoms with Crippen LogP contribution in [0.4, 0.5) is 0 Å². The normalized spacial score (nSPS) is 16.0. The Labute approximate surface area is 181 Å². The standard InChI is InChI=1S/C24H27N3O2S/c1-16-8-9-19(14-17(16)2)23(28)18(3)30-24-20-6-4-5-7-21(20)25-22(26-24)15-27-10-12-29-13-11-27/h4-9,14,18H,10-13,15H2,1-3H3. The Bertz CT molecular complexity index is 1060. The van der Waals surface area contributed by atoms with Crippen LogP contribution in [0.5, 0.6) is 0 Å². The third kappa shape index (κ3) is 4.72. The van der Waals surface area contributed by atoms with E-state index in [9.17, 15) is 4.79 Å². The minimum absolute atomic E-state index is 0.125. The number of rotatable bonds is 6. The van der Waals surface area contributed by atoms with Gasteiger partial charge in [0.2, 0.25) is 0 Å². The number of benzene rings is 2. The molecule has 0 radical (unpaired) electrons. The molecule has 1 unspecified atom stereocenters. The molecule has 6 heteroatoms. The second kappa shape index (κ2) is 9.25. The fraction of sp³-hybridized carbons (Fsp3) is 0.375. The van der Waals surface area contributed by atoms with Crippen molar-refractivity contribution >= 4 is 28.4 Å². The van der Waals surface area contributed by atoms with Crippen LogP contribution in [0.25, 0.3) is 10.9 Å². The fourth-order valence-electron chi connectivity index (χ4n) is 3.56. The van der Waals surface area contributed by atoms with Crippen LogP contribution in [0, 0.1) is 13.8 Å². The number of morpholine rings is 1. The zero-order valence-electron chi connectivity index (χ0n) is 17.7. The first kappa shape index (κ1) is 21.0. The van der Waals surface area contributed by atoms with E-state index >= 15 is 0 Å². The molecule has 2 heterocycles. The first-order valence-corrected chi connectivity index (χ1v) is 11.2. The van der Waals surface area contributed by atoms with E-state index in [1.165, 1.54) is 17.3 Å². The Hall–Kier alpha value is -2.28. The molecule has 1 saturated heterocycles. The predicted molar refractivity (Wildman–Crippen MR) is 121 cm³/mol. The number of aryl methyl sites for hydroxylation is 2. The summed E-state index contributed by atoms with van der Waals surface area (Å²) in [5.41, 5.74) is 4.01. The Kier molecular flexibility index (Phi) is 6.46. The maximum absolute atomic E-state index is 13.1. The highest BCUT2D eigenvalue weighted by Gasteiger charge is 2.20. The monoisotopic (exact) mass is 421 g/mol. The van der Waals surface area contributed by atoms with Crippen molar-refractivity contribution in [1.29, 1.82) is 0 Å². The van der Waals surface area contributed by atoms with Gasteiger partial charge in [0.15, 0.2) is 5.78 Å². The van der Waals surface area contributed by atoms with Crippen molar-refractivity contribution in [3.8, 4) is 0 Å². The number of carbonyl (C=O) groups excluding carboxylic acids is 1. The third-order valence-electron chi connectivity index (χ3n) is 5.53. The average molecular weight is 422 g/mol. The van der Waals surface area contributed by atoms with Crippen molar-refractivity contribution in [1.82, 2.24) is 14.9 Å². The quantitative estimate of drug-likeness (QED) is 0.333. The average Bonchev–Trinajstić information content (AvgIpc) is 2.76. The summed E-state index contributed by atoms with van der Waals surface area (Å²) in [5.74, 6) is 0.921. The fourth-order valence-corrected chi connectivity index (χ4v) is 4.60. The first-order valence-electron chi connectivity index (χ1n) is 10.3. The molecule has 3 aromatic rings. The highest BCUT2D eigenvalue weighted by atomic mass is 32.2. The highest BCUT2D eigenvalue weighted by molar-refractivity contribution is 8.00. The molecule has 1 aliphatic rings. The minimum Gasteiger partial charge on any atom is -0.379 e. The van der Waals surface area contributed by atoms with E-state index in [2.05, 4.69) is 11.8 Å². The first-order chi connectivity index (χ1) is 14.5. The Balaban J connectivity index is 1.60. The van der Waals surface area contributed by atoms with Crippen molar-refractivity contribution in [2.24, 2.45) is 0 Å². The number of carbonyl (C=O) groups is 1. The summed E-state index contributed by atoms with van der Waals surface area (Å²) in [7, 11) is 0. The maximum atomic E-state index is 13.1. The molecule has 30 heavy (non-hydrogen) atoms. The number of aromatic nitrogens is 2. The van der Waals surface area contributed by atoms with Gasteiger partial charge in [0.25, 0.3) is 0 Å². The van der Waals surface area contributed by atoms with Gasteiger partial charge in [0.1, 0.15) is 10.9 Å². The molecule has 0 spiro atoms. The number of Topliss-reactive ketones (excluding diaryl/α,β-unsaturated/α-hetero) is 1. The second-order valence-electron chi connectivity index (χ2n) is 7.77. The molecule has 0 amide bonds. The van der Waals surface area contributed by atoms with Gasteiger partial charge < -0.3 is 4.74 Å². The van der Waals surface area contributed by atoms with Gasteiger partial charge in [-0.2, -0.15) is 0 Å². The van der Waals surface area contributed by atoms with Gasteiger partial charge >= 0.3 is 0 Å². The molecule has 1 aromatic heterocycles. The zero-order valence-corrected chi connectivity index (χ0v) is 18.5. The van der Waals surface area contributed by atoms with Crippen LogP contribution in [0.3, 0.4) is 0 Å². The largest absolute Gasteiger partial charge is 0.379 e. The van der Waals surface area contributed by atoms with Gasteiger partial charge in [-0.3, -0.25) is 9.69 Å².